The maximum Gasteiger partial charge on any atom is 0.341 e. The molecule has 114 heavy (non-hydrogen) atoms. The molecule has 5 heterocycles. The first kappa shape index (κ1) is 82.8. The number of rotatable bonds is 31. The van der Waals surface area contributed by atoms with Crippen LogP contribution in [0.1, 0.15) is 100 Å². The molecule has 0 spiro atoms. The molecule has 4 aromatic heterocycles. The van der Waals surface area contributed by atoms with E-state index in [1.807, 2.05) is 111 Å². The number of fused-ring (bicyclic) bond motifs is 3. The number of carbonyl (C=O) groups is 6. The van der Waals surface area contributed by atoms with E-state index in [1.54, 1.807) is 80.4 Å². The smallest absolute Gasteiger partial charge is 0.341 e. The second kappa shape index (κ2) is 39.3. The molecule has 588 valence electrons. The number of methoxy groups -OCH3 is 7. The number of hydrogen-bond acceptors (Lipinski definition) is 21. The van der Waals surface area contributed by atoms with Crippen molar-refractivity contribution < 1.29 is 95.8 Å². The average Bonchev–Trinajstić information content (AvgIpc) is 1.62. The molecule has 0 atom stereocenters. The van der Waals surface area contributed by atoms with E-state index in [1.165, 1.54) is 48.7 Å². The molecule has 9 aromatic rings. The first-order chi connectivity index (χ1) is 55.0. The molecule has 0 saturated carbocycles. The van der Waals surface area contributed by atoms with Gasteiger partial charge in [-0.25, -0.2) is 29.3 Å². The van der Waals surface area contributed by atoms with Crippen molar-refractivity contribution in [1.29, 1.82) is 0 Å². The number of carboxylic acids is 3. The summed E-state index contributed by atoms with van der Waals surface area (Å²) in [6.07, 6.45) is 12.7. The molecule has 29 heteroatoms. The summed E-state index contributed by atoms with van der Waals surface area (Å²) in [6, 6.07) is 39.7. The summed E-state index contributed by atoms with van der Waals surface area (Å²) in [5.41, 5.74) is 15.4. The van der Waals surface area contributed by atoms with Gasteiger partial charge >= 0.3 is 17.9 Å². The minimum atomic E-state index is -1.15. The Labute approximate surface area is 663 Å². The van der Waals surface area contributed by atoms with E-state index in [0.29, 0.717) is 76.7 Å². The second-order valence-corrected chi connectivity index (χ2v) is 26.2. The Morgan fingerprint density at radius 3 is 1.32 bits per heavy atom. The molecule has 0 radical (unpaired) electrons. The number of pyridine rings is 4. The molecule has 5 aromatic carbocycles. The first-order valence-electron chi connectivity index (χ1n) is 35.1. The second-order valence-electron chi connectivity index (χ2n) is 25.3. The van der Waals surface area contributed by atoms with Crippen LogP contribution < -0.4 is 63.3 Å². The molecule has 1 aliphatic heterocycles. The molecule has 6 N–H and O–H groups in total. The number of halogens is 2. The molecule has 0 saturated heterocycles. The molecule has 3 aliphatic rings. The quantitative estimate of drug-likeness (QED) is 0.0220. The fourth-order valence-corrected chi connectivity index (χ4v) is 12.7. The Hall–Kier alpha value is -13.7. The summed E-state index contributed by atoms with van der Waals surface area (Å²) in [7, 11) is 10.3. The highest BCUT2D eigenvalue weighted by Gasteiger charge is 2.31. The van der Waals surface area contributed by atoms with Gasteiger partial charge in [-0.15, -0.1) is 0 Å². The molecular weight excluding hydrogens is 1540 g/mol. The van der Waals surface area contributed by atoms with Gasteiger partial charge in [0, 0.05) is 77.2 Å². The fourth-order valence-electron chi connectivity index (χ4n) is 12.4. The summed E-state index contributed by atoms with van der Waals surface area (Å²) in [6.45, 7) is 3.50. The maximum absolute atomic E-state index is 14.0. The number of benzene rings is 5. The zero-order chi connectivity index (χ0) is 81.5. The third kappa shape index (κ3) is 21.2. The molecule has 27 nitrogen and oxygen atoms in total. The average molecular weight is 1620 g/mol. The van der Waals surface area contributed by atoms with Crippen LogP contribution >= 0.6 is 15.9 Å². The van der Waals surface area contributed by atoms with Crippen molar-refractivity contribution in [3.05, 3.63) is 247 Å². The Morgan fingerprint density at radius 2 is 0.868 bits per heavy atom. The number of aliphatic imine (C=N–C) groups is 1. The van der Waals surface area contributed by atoms with Gasteiger partial charge in [0.05, 0.1) is 91.8 Å². The summed E-state index contributed by atoms with van der Waals surface area (Å²) in [5.74, 6) is -1.71. The van der Waals surface area contributed by atoms with Gasteiger partial charge in [-0.2, -0.15) is 4.39 Å². The number of nitrogens with zero attached hydrogens (tertiary/aromatic N) is 5. The minimum absolute atomic E-state index is 0.0811. The number of amides is 3. The highest BCUT2D eigenvalue weighted by molar-refractivity contribution is 9.10. The van der Waals surface area contributed by atoms with Gasteiger partial charge in [-0.1, -0.05) is 60.7 Å². The van der Waals surface area contributed by atoms with Gasteiger partial charge in [0.1, 0.15) is 0 Å². The monoisotopic (exact) mass is 1610 g/mol. The number of hydrogen-bond donors (Lipinski definition) is 6. The van der Waals surface area contributed by atoms with Gasteiger partial charge in [-0.3, -0.25) is 24.4 Å². The molecule has 0 fully saturated rings. The summed E-state index contributed by atoms with van der Waals surface area (Å²) in [4.78, 5) is 93.0. The third-order valence-corrected chi connectivity index (χ3v) is 18.3. The van der Waals surface area contributed by atoms with E-state index < -0.39 is 43.7 Å². The molecule has 2 aliphatic carbocycles. The van der Waals surface area contributed by atoms with Crippen molar-refractivity contribution in [2.45, 2.75) is 52.7 Å². The van der Waals surface area contributed by atoms with Crippen LogP contribution in [-0.4, -0.2) is 146 Å². The lowest BCUT2D eigenvalue weighted by molar-refractivity contribution is -0.140. The molecular formula is C85H80BrFN8O19. The van der Waals surface area contributed by atoms with E-state index in [2.05, 4.69) is 56.8 Å². The maximum atomic E-state index is 14.0. The number of allylic oxidation sites excluding steroid dienone is 4. The summed E-state index contributed by atoms with van der Waals surface area (Å²) >= 11 is 3.50. The lowest BCUT2D eigenvalue weighted by atomic mass is 10.0. The van der Waals surface area contributed by atoms with Crippen molar-refractivity contribution in [2.24, 2.45) is 4.99 Å². The van der Waals surface area contributed by atoms with Crippen molar-refractivity contribution >= 4 is 103 Å². The van der Waals surface area contributed by atoms with Crippen LogP contribution in [0.15, 0.2) is 179 Å². The van der Waals surface area contributed by atoms with E-state index in [0.717, 1.165) is 88.1 Å². The lowest BCUT2D eigenvalue weighted by Gasteiger charge is -2.15. The zero-order valence-corrected chi connectivity index (χ0v) is 65.1. The van der Waals surface area contributed by atoms with Crippen LogP contribution in [0.5, 0.6) is 57.6 Å². The highest BCUT2D eigenvalue weighted by atomic mass is 79.9. The standard InChI is InChI=1S/C29H27BrN2O6.C29H29N3O7.C27H24FN3O6/c1-17-21(13-26(33)31-14-18-7-5-4-6-8-18)23-12-20(30)15-32-28(23)22(17)9-19-10-24(36-2)29(25(11-19)37-3)38-16-27(34)35;1-17-20(9-19-10-24(36-2)29(25(11-19)37-3)39-16-28(34)35)23-15-32-27(38-4)13-22(23)21(17)12-26(33)31-14-18-5-7-30-8-6-18;1-35-21-11-17(12-22(36-2)27(21)37-15-25(33)34)10-19-18-8-9-23(28)31-26(18)20(30-19)13-24(32)29-14-16-6-4-3-5-7-16/h4-12,15H,13-14,16H2,1-3H3,(H,31,33)(H,34,35);5-11,13,15H,12,14,16H2,1-4H3,(H,31,33)(H,34,35);3-12H,13-15H2,1-2H3,(H,29,32)(H,33,34)/b22-9-;20-9-;19-10+. The van der Waals surface area contributed by atoms with Crippen molar-refractivity contribution in [3.63, 3.8) is 0 Å². The van der Waals surface area contributed by atoms with E-state index in [9.17, 15) is 33.2 Å². The van der Waals surface area contributed by atoms with Gasteiger partial charge in [0.2, 0.25) is 46.8 Å². The number of aliphatic carboxylic acids is 3. The van der Waals surface area contributed by atoms with Gasteiger partial charge in [-0.05, 0) is 182 Å². The predicted molar refractivity (Wildman–Crippen MR) is 427 cm³/mol. The number of nitrogens with one attached hydrogen (secondary N) is 3. The van der Waals surface area contributed by atoms with Gasteiger partial charge in [0.15, 0.2) is 54.3 Å². The molecule has 0 bridgehead atoms. The SMILES string of the molecule is COc1cc(/C=C2/C(C)=C(CC(=O)NCc3ccccc3)c3cc(Br)cnc32)cc(OC)c1OCC(=O)O.COc1cc(/C=C2/N=C(CC(=O)NCc3ccccc3)c3nc(F)ccc32)cc(OC)c1OCC(=O)O.COc1cc2c(cn1)/C(=C\c1cc(OC)c(OCC(=O)O)c(OC)c1)C(C)=C2CC(=O)NCc1ccncc1. The first-order valence-corrected chi connectivity index (χ1v) is 35.9. The number of aromatic nitrogens is 4. The van der Waals surface area contributed by atoms with E-state index in [4.69, 9.17) is 62.7 Å². The van der Waals surface area contributed by atoms with Crippen LogP contribution in [0.4, 0.5) is 4.39 Å². The van der Waals surface area contributed by atoms with Crippen molar-refractivity contribution in [3.8, 4) is 57.6 Å². The minimum Gasteiger partial charge on any atom is -0.493 e. The Morgan fingerprint density at radius 1 is 0.447 bits per heavy atom. The molecule has 12 rings (SSSR count). The Kier molecular flexibility index (Phi) is 28.5. The predicted octanol–water partition coefficient (Wildman–Crippen LogP) is 13.1. The fraction of sp³-hybridized carbons (Fsp3) is 0.212. The summed E-state index contributed by atoms with van der Waals surface area (Å²) in [5, 5.41) is 35.8. The van der Waals surface area contributed by atoms with Crippen molar-refractivity contribution in [1.82, 2.24) is 35.9 Å². The number of carboxylic acid groups (broad SMARTS) is 3. The van der Waals surface area contributed by atoms with Crippen LogP contribution in [0, 0.1) is 5.95 Å². The number of ether oxygens (including phenoxy) is 10. The van der Waals surface area contributed by atoms with Crippen LogP contribution in [0.3, 0.4) is 0 Å². The van der Waals surface area contributed by atoms with Gasteiger partial charge < -0.3 is 78.6 Å². The topological polar surface area (TPSA) is 355 Å². The lowest BCUT2D eigenvalue weighted by Crippen LogP contribution is -2.25. The Balaban J connectivity index is 0.000000181. The summed E-state index contributed by atoms with van der Waals surface area (Å²) < 4.78 is 68.9. The van der Waals surface area contributed by atoms with Crippen molar-refractivity contribution in [2.75, 3.05) is 69.6 Å². The van der Waals surface area contributed by atoms with Crippen LogP contribution in [0.25, 0.3) is 46.2 Å². The van der Waals surface area contributed by atoms with Crippen LogP contribution in [0.2, 0.25) is 0 Å². The largest absolute Gasteiger partial charge is 0.493 e. The van der Waals surface area contributed by atoms with E-state index in [-0.39, 0.29) is 65.7 Å². The zero-order valence-electron chi connectivity index (χ0n) is 63.5. The van der Waals surface area contributed by atoms with Gasteiger partial charge in [0.25, 0.3) is 0 Å². The van der Waals surface area contributed by atoms with Crippen LogP contribution in [-0.2, 0) is 48.4 Å². The highest BCUT2D eigenvalue weighted by Crippen LogP contribution is 2.49. The Bertz CT molecular complexity index is 5230. The normalized spacial score (nSPS) is 13.2. The molecule has 0 unspecified atom stereocenters. The third-order valence-electron chi connectivity index (χ3n) is 17.8. The molecule has 3 amide bonds. The van der Waals surface area contributed by atoms with E-state index >= 15 is 0 Å². The number of carbonyl (C=O) groups excluding carboxylic acids is 3.